The monoisotopic (exact) mass is 307 g/mol. The molecule has 0 aliphatic rings. The van der Waals surface area contributed by atoms with E-state index in [4.69, 9.17) is 4.74 Å². The number of halogens is 1. The summed E-state index contributed by atoms with van der Waals surface area (Å²) in [6.45, 7) is 0. The molecule has 0 N–H and O–H groups in total. The topological polar surface area (TPSA) is 52.4 Å². The average molecular weight is 308 g/mol. The molecule has 0 spiro atoms. The number of hydrogen-bond acceptors (Lipinski definition) is 3. The van der Waals surface area contributed by atoms with Crippen LogP contribution in [0.2, 0.25) is 0 Å². The van der Waals surface area contributed by atoms with Crippen LogP contribution in [0.3, 0.4) is 0 Å². The normalized spacial score (nSPS) is 10.1. The summed E-state index contributed by atoms with van der Waals surface area (Å²) in [6.07, 6.45) is 0. The molecular formula is C13H10BrNO3. The fourth-order valence-electron chi connectivity index (χ4n) is 1.75. The number of ether oxygens (including phenoxy) is 1. The molecule has 5 heteroatoms. The molecule has 0 aromatic heterocycles. The summed E-state index contributed by atoms with van der Waals surface area (Å²) in [5, 5.41) is 11.0. The zero-order valence-electron chi connectivity index (χ0n) is 9.59. The zero-order valence-corrected chi connectivity index (χ0v) is 11.2. The molecular weight excluding hydrogens is 298 g/mol. The van der Waals surface area contributed by atoms with Crippen LogP contribution >= 0.6 is 15.9 Å². The molecule has 0 amide bonds. The minimum atomic E-state index is -0.393. The Morgan fingerprint density at radius 2 is 1.89 bits per heavy atom. The highest BCUT2D eigenvalue weighted by atomic mass is 79.9. The summed E-state index contributed by atoms with van der Waals surface area (Å²) in [5.41, 5.74) is 1.30. The standard InChI is InChI=1S/C13H10BrNO3/c1-18-13-7-6-9(14)8-11(13)10-4-2-3-5-12(10)15(16)17/h2-8H,1H3. The maximum absolute atomic E-state index is 11.0. The van der Waals surface area contributed by atoms with Gasteiger partial charge in [-0.2, -0.15) is 0 Å². The van der Waals surface area contributed by atoms with E-state index in [1.165, 1.54) is 6.07 Å². The van der Waals surface area contributed by atoms with Crippen molar-refractivity contribution in [2.75, 3.05) is 7.11 Å². The third kappa shape index (κ3) is 2.36. The van der Waals surface area contributed by atoms with Crippen molar-refractivity contribution in [1.29, 1.82) is 0 Å². The molecule has 2 rings (SSSR count). The van der Waals surface area contributed by atoms with Crippen LogP contribution in [0.25, 0.3) is 11.1 Å². The van der Waals surface area contributed by atoms with Crippen LogP contribution in [-0.4, -0.2) is 12.0 Å². The Balaban J connectivity index is 2.68. The molecule has 2 aromatic carbocycles. The van der Waals surface area contributed by atoms with Gasteiger partial charge in [0.15, 0.2) is 0 Å². The second kappa shape index (κ2) is 5.18. The summed E-state index contributed by atoms with van der Waals surface area (Å²) >= 11 is 3.36. The summed E-state index contributed by atoms with van der Waals surface area (Å²) < 4.78 is 6.09. The SMILES string of the molecule is COc1ccc(Br)cc1-c1ccccc1[N+](=O)[O-]. The van der Waals surface area contributed by atoms with Gasteiger partial charge in [-0.1, -0.05) is 28.1 Å². The van der Waals surface area contributed by atoms with Crippen molar-refractivity contribution in [3.05, 3.63) is 57.1 Å². The Labute approximate surface area is 112 Å². The van der Waals surface area contributed by atoms with Crippen molar-refractivity contribution in [1.82, 2.24) is 0 Å². The van der Waals surface area contributed by atoms with E-state index in [0.717, 1.165) is 4.47 Å². The molecule has 0 bridgehead atoms. The van der Waals surface area contributed by atoms with Gasteiger partial charge in [0.1, 0.15) is 5.75 Å². The Morgan fingerprint density at radius 3 is 2.56 bits per heavy atom. The second-order valence-corrected chi connectivity index (χ2v) is 4.53. The summed E-state index contributed by atoms with van der Waals surface area (Å²) in [4.78, 5) is 10.6. The number of nitro benzene ring substituents is 1. The van der Waals surface area contributed by atoms with Crippen LogP contribution < -0.4 is 4.74 Å². The number of methoxy groups -OCH3 is 1. The molecule has 0 unspecified atom stereocenters. The fraction of sp³-hybridized carbons (Fsp3) is 0.0769. The maximum Gasteiger partial charge on any atom is 0.277 e. The van der Waals surface area contributed by atoms with Crippen LogP contribution in [0.4, 0.5) is 5.69 Å². The highest BCUT2D eigenvalue weighted by Gasteiger charge is 2.17. The zero-order chi connectivity index (χ0) is 13.1. The van der Waals surface area contributed by atoms with E-state index in [9.17, 15) is 10.1 Å². The van der Waals surface area contributed by atoms with E-state index in [0.29, 0.717) is 16.9 Å². The lowest BCUT2D eigenvalue weighted by atomic mass is 10.0. The van der Waals surface area contributed by atoms with Crippen LogP contribution in [0.5, 0.6) is 5.75 Å². The van der Waals surface area contributed by atoms with Crippen LogP contribution in [0, 0.1) is 10.1 Å². The minimum absolute atomic E-state index is 0.0638. The van der Waals surface area contributed by atoms with Gasteiger partial charge in [0, 0.05) is 16.1 Å². The van der Waals surface area contributed by atoms with E-state index in [2.05, 4.69) is 15.9 Å². The molecule has 0 heterocycles. The lowest BCUT2D eigenvalue weighted by molar-refractivity contribution is -0.384. The van der Waals surface area contributed by atoms with E-state index in [1.54, 1.807) is 37.4 Å². The minimum Gasteiger partial charge on any atom is -0.496 e. The van der Waals surface area contributed by atoms with Crippen LogP contribution in [-0.2, 0) is 0 Å². The number of para-hydroxylation sites is 1. The number of nitro groups is 1. The Hall–Kier alpha value is -1.88. The largest absolute Gasteiger partial charge is 0.496 e. The van der Waals surface area contributed by atoms with Crippen molar-refractivity contribution in [3.8, 4) is 16.9 Å². The van der Waals surface area contributed by atoms with Crippen molar-refractivity contribution in [2.45, 2.75) is 0 Å². The first-order chi connectivity index (χ1) is 8.63. The number of nitrogens with zero attached hydrogens (tertiary/aromatic N) is 1. The van der Waals surface area contributed by atoms with Crippen molar-refractivity contribution < 1.29 is 9.66 Å². The smallest absolute Gasteiger partial charge is 0.277 e. The van der Waals surface area contributed by atoms with E-state index in [1.807, 2.05) is 6.07 Å². The van der Waals surface area contributed by atoms with Crippen molar-refractivity contribution in [2.24, 2.45) is 0 Å². The predicted molar refractivity (Wildman–Crippen MR) is 72.8 cm³/mol. The van der Waals surface area contributed by atoms with Gasteiger partial charge in [-0.25, -0.2) is 0 Å². The fourth-order valence-corrected chi connectivity index (χ4v) is 2.11. The summed E-state index contributed by atoms with van der Waals surface area (Å²) in [7, 11) is 1.54. The number of hydrogen-bond donors (Lipinski definition) is 0. The van der Waals surface area contributed by atoms with Crippen LogP contribution in [0.15, 0.2) is 46.9 Å². The van der Waals surface area contributed by atoms with Crippen molar-refractivity contribution >= 4 is 21.6 Å². The molecule has 0 saturated heterocycles. The molecule has 0 saturated carbocycles. The third-order valence-corrected chi connectivity index (χ3v) is 3.05. The van der Waals surface area contributed by atoms with Gasteiger partial charge in [0.2, 0.25) is 0 Å². The van der Waals surface area contributed by atoms with Gasteiger partial charge >= 0.3 is 0 Å². The first kappa shape index (κ1) is 12.6. The number of benzene rings is 2. The lowest BCUT2D eigenvalue weighted by Crippen LogP contribution is -1.94. The highest BCUT2D eigenvalue weighted by Crippen LogP contribution is 2.37. The van der Waals surface area contributed by atoms with E-state index in [-0.39, 0.29) is 5.69 Å². The maximum atomic E-state index is 11.0. The molecule has 2 aromatic rings. The first-order valence-electron chi connectivity index (χ1n) is 5.21. The number of rotatable bonds is 3. The molecule has 18 heavy (non-hydrogen) atoms. The molecule has 0 aliphatic heterocycles. The van der Waals surface area contributed by atoms with Gasteiger partial charge in [-0.05, 0) is 24.3 Å². The van der Waals surface area contributed by atoms with Gasteiger partial charge in [-0.15, -0.1) is 0 Å². The van der Waals surface area contributed by atoms with Gasteiger partial charge in [0.25, 0.3) is 5.69 Å². The first-order valence-corrected chi connectivity index (χ1v) is 6.00. The quantitative estimate of drug-likeness (QED) is 0.635. The Morgan fingerprint density at radius 1 is 1.17 bits per heavy atom. The van der Waals surface area contributed by atoms with Crippen molar-refractivity contribution in [3.63, 3.8) is 0 Å². The van der Waals surface area contributed by atoms with E-state index >= 15 is 0 Å². The van der Waals surface area contributed by atoms with Gasteiger partial charge < -0.3 is 4.74 Å². The summed E-state index contributed by atoms with van der Waals surface area (Å²) in [5.74, 6) is 0.604. The third-order valence-electron chi connectivity index (χ3n) is 2.55. The molecule has 92 valence electrons. The highest BCUT2D eigenvalue weighted by molar-refractivity contribution is 9.10. The predicted octanol–water partition coefficient (Wildman–Crippen LogP) is 4.03. The van der Waals surface area contributed by atoms with Gasteiger partial charge in [-0.3, -0.25) is 10.1 Å². The lowest BCUT2D eigenvalue weighted by Gasteiger charge is -2.09. The van der Waals surface area contributed by atoms with E-state index < -0.39 is 4.92 Å². The second-order valence-electron chi connectivity index (χ2n) is 3.62. The average Bonchev–Trinajstić information content (AvgIpc) is 2.38. The summed E-state index contributed by atoms with van der Waals surface area (Å²) in [6, 6.07) is 12.0. The Bertz CT molecular complexity index is 599. The Kier molecular flexibility index (Phi) is 3.62. The van der Waals surface area contributed by atoms with Gasteiger partial charge in [0.05, 0.1) is 17.6 Å². The molecule has 0 aliphatic carbocycles. The van der Waals surface area contributed by atoms with Crippen LogP contribution in [0.1, 0.15) is 0 Å². The molecule has 0 fully saturated rings. The molecule has 0 atom stereocenters. The molecule has 0 radical (unpaired) electrons. The molecule has 4 nitrogen and oxygen atoms in total.